The number of amides is 2. The summed E-state index contributed by atoms with van der Waals surface area (Å²) in [6.45, 7) is 1.17. The van der Waals surface area contributed by atoms with Crippen LogP contribution >= 0.6 is 0 Å². The standard InChI is InChI=1S/C23H23FN6O5/c1-29-19(32)5-3-13-2-4-16(24)15(20(13)29)7-9-25-8-6-14-11-30(23(33)35-14)17-10-26-22-21(27-17)28-18(31)12-34-22/h2-5,10,14,25H,6-9,11-12H2,1H3,(H,27,28,31)/t14-/m0/s1. The van der Waals surface area contributed by atoms with Crippen LogP contribution in [0.15, 0.2) is 35.3 Å². The quantitative estimate of drug-likeness (QED) is 0.483. The lowest BCUT2D eigenvalue weighted by molar-refractivity contribution is -0.118. The molecule has 4 heterocycles. The average Bonchev–Trinajstić information content (AvgIpc) is 3.22. The van der Waals surface area contributed by atoms with Gasteiger partial charge in [0.25, 0.3) is 17.3 Å². The minimum atomic E-state index is -0.550. The molecule has 2 amide bonds. The maximum Gasteiger partial charge on any atom is 0.415 e. The van der Waals surface area contributed by atoms with Crippen molar-refractivity contribution in [3.8, 4) is 5.88 Å². The van der Waals surface area contributed by atoms with Crippen LogP contribution in [0.25, 0.3) is 10.9 Å². The molecule has 182 valence electrons. The Morgan fingerprint density at radius 1 is 1.20 bits per heavy atom. The Hall–Kier alpha value is -4.06. The van der Waals surface area contributed by atoms with Crippen LogP contribution in [0.5, 0.6) is 5.88 Å². The highest BCUT2D eigenvalue weighted by molar-refractivity contribution is 5.94. The van der Waals surface area contributed by atoms with Crippen molar-refractivity contribution in [1.29, 1.82) is 0 Å². The van der Waals surface area contributed by atoms with Gasteiger partial charge < -0.3 is 24.7 Å². The van der Waals surface area contributed by atoms with E-state index in [1.54, 1.807) is 19.2 Å². The van der Waals surface area contributed by atoms with Gasteiger partial charge in [-0.05, 0) is 49.5 Å². The number of halogens is 1. The van der Waals surface area contributed by atoms with Crippen molar-refractivity contribution in [2.45, 2.75) is 18.9 Å². The van der Waals surface area contributed by atoms with E-state index >= 15 is 0 Å². The zero-order valence-electron chi connectivity index (χ0n) is 18.9. The number of nitrogens with zero attached hydrogens (tertiary/aromatic N) is 4. The minimum absolute atomic E-state index is 0.132. The maximum atomic E-state index is 14.5. The first-order valence-corrected chi connectivity index (χ1v) is 11.2. The fraction of sp³-hybridized carbons (Fsp3) is 0.348. The van der Waals surface area contributed by atoms with Crippen molar-refractivity contribution in [2.24, 2.45) is 7.05 Å². The van der Waals surface area contributed by atoms with Crippen LogP contribution in [0, 0.1) is 5.82 Å². The predicted octanol–water partition coefficient (Wildman–Crippen LogP) is 1.35. The second kappa shape index (κ2) is 9.29. The van der Waals surface area contributed by atoms with E-state index in [0.29, 0.717) is 37.0 Å². The fourth-order valence-electron chi connectivity index (χ4n) is 4.23. The lowest BCUT2D eigenvalue weighted by atomic mass is 10.1. The number of fused-ring (bicyclic) bond motifs is 2. The van der Waals surface area contributed by atoms with Gasteiger partial charge in [0.15, 0.2) is 18.2 Å². The Morgan fingerprint density at radius 2 is 2.03 bits per heavy atom. The van der Waals surface area contributed by atoms with Crippen LogP contribution in [-0.4, -0.2) is 58.9 Å². The van der Waals surface area contributed by atoms with Crippen LogP contribution in [0.3, 0.4) is 0 Å². The molecular formula is C23H23FN6O5. The minimum Gasteiger partial charge on any atom is -0.465 e. The molecule has 1 fully saturated rings. The molecule has 12 heteroatoms. The van der Waals surface area contributed by atoms with Gasteiger partial charge >= 0.3 is 6.09 Å². The van der Waals surface area contributed by atoms with E-state index in [1.807, 2.05) is 0 Å². The molecule has 2 N–H and O–H groups in total. The summed E-state index contributed by atoms with van der Waals surface area (Å²) in [4.78, 5) is 45.5. The second-order valence-electron chi connectivity index (χ2n) is 8.32. The number of hydrogen-bond donors (Lipinski definition) is 2. The molecule has 0 unspecified atom stereocenters. The second-order valence-corrected chi connectivity index (χ2v) is 8.32. The number of pyridine rings is 1. The number of ether oxygens (including phenoxy) is 2. The number of carbonyl (C=O) groups excluding carboxylic acids is 2. The van der Waals surface area contributed by atoms with Gasteiger partial charge in [0.2, 0.25) is 0 Å². The zero-order chi connectivity index (χ0) is 24.5. The topological polar surface area (TPSA) is 128 Å². The van der Waals surface area contributed by atoms with Crippen LogP contribution in [0.2, 0.25) is 0 Å². The first-order chi connectivity index (χ1) is 16.9. The third kappa shape index (κ3) is 4.52. The van der Waals surface area contributed by atoms with E-state index in [2.05, 4.69) is 20.6 Å². The highest BCUT2D eigenvalue weighted by atomic mass is 19.1. The fourth-order valence-corrected chi connectivity index (χ4v) is 4.23. The SMILES string of the molecule is Cn1c(=O)ccc2ccc(F)c(CCNCC[C@H]3CN(c4cnc5c(n4)NC(=O)CO5)C(=O)O3)c21. The van der Waals surface area contributed by atoms with Crippen molar-refractivity contribution in [3.05, 3.63) is 52.2 Å². The maximum absolute atomic E-state index is 14.5. The van der Waals surface area contributed by atoms with Crippen molar-refractivity contribution in [3.63, 3.8) is 0 Å². The number of aromatic nitrogens is 3. The lowest BCUT2D eigenvalue weighted by Crippen LogP contribution is -2.30. The van der Waals surface area contributed by atoms with Crippen LogP contribution in [0.4, 0.5) is 20.8 Å². The molecule has 2 aliphatic heterocycles. The molecule has 0 radical (unpaired) electrons. The Morgan fingerprint density at radius 3 is 2.89 bits per heavy atom. The van der Waals surface area contributed by atoms with Gasteiger partial charge in [0, 0.05) is 18.7 Å². The van der Waals surface area contributed by atoms with Crippen molar-refractivity contribution >= 4 is 34.5 Å². The number of benzene rings is 1. The summed E-state index contributed by atoms with van der Waals surface area (Å²) in [5.74, 6) is -0.0811. The van der Waals surface area contributed by atoms with Gasteiger partial charge in [0.1, 0.15) is 11.9 Å². The van der Waals surface area contributed by atoms with Crippen molar-refractivity contribution < 1.29 is 23.5 Å². The van der Waals surface area contributed by atoms with E-state index in [1.165, 1.54) is 27.8 Å². The molecule has 1 aromatic carbocycles. The van der Waals surface area contributed by atoms with Crippen LogP contribution in [-0.2, 0) is 23.0 Å². The number of hydrogen-bond acceptors (Lipinski definition) is 8. The van der Waals surface area contributed by atoms with Gasteiger partial charge in [-0.15, -0.1) is 0 Å². The average molecular weight is 482 g/mol. The van der Waals surface area contributed by atoms with Crippen molar-refractivity contribution in [1.82, 2.24) is 19.9 Å². The smallest absolute Gasteiger partial charge is 0.415 e. The number of nitrogens with one attached hydrogen (secondary N) is 2. The normalized spacial score (nSPS) is 17.2. The molecule has 0 aliphatic carbocycles. The van der Waals surface area contributed by atoms with Crippen LogP contribution in [0.1, 0.15) is 12.0 Å². The van der Waals surface area contributed by atoms with Gasteiger partial charge in [-0.1, -0.05) is 0 Å². The highest BCUT2D eigenvalue weighted by Gasteiger charge is 2.34. The molecule has 11 nitrogen and oxygen atoms in total. The lowest BCUT2D eigenvalue weighted by Gasteiger charge is -2.18. The number of aryl methyl sites for hydroxylation is 1. The number of carbonyl (C=O) groups is 2. The summed E-state index contributed by atoms with van der Waals surface area (Å²) in [5.41, 5.74) is 0.881. The summed E-state index contributed by atoms with van der Waals surface area (Å²) in [7, 11) is 1.63. The number of anilines is 2. The van der Waals surface area contributed by atoms with E-state index in [0.717, 1.165) is 5.39 Å². The summed E-state index contributed by atoms with van der Waals surface area (Å²) in [6, 6.07) is 6.24. The van der Waals surface area contributed by atoms with Crippen molar-refractivity contribution in [2.75, 3.05) is 36.5 Å². The molecule has 1 atom stereocenters. The summed E-state index contributed by atoms with van der Waals surface area (Å²) >= 11 is 0. The van der Waals surface area contributed by atoms with Gasteiger partial charge in [-0.25, -0.2) is 19.2 Å². The van der Waals surface area contributed by atoms with E-state index in [4.69, 9.17) is 9.47 Å². The van der Waals surface area contributed by atoms with E-state index < -0.39 is 6.09 Å². The predicted molar refractivity (Wildman–Crippen MR) is 124 cm³/mol. The van der Waals surface area contributed by atoms with Gasteiger partial charge in [-0.2, -0.15) is 0 Å². The molecule has 2 aliphatic rings. The molecule has 3 aromatic rings. The summed E-state index contributed by atoms with van der Waals surface area (Å²) in [6.07, 6.45) is 1.41. The molecule has 0 saturated carbocycles. The number of rotatable bonds is 7. The van der Waals surface area contributed by atoms with Gasteiger partial charge in [-0.3, -0.25) is 14.5 Å². The Kier molecular flexibility index (Phi) is 6.03. The Balaban J connectivity index is 1.15. The first-order valence-electron chi connectivity index (χ1n) is 11.2. The Bertz CT molecular complexity index is 1380. The third-order valence-corrected chi connectivity index (χ3v) is 6.00. The molecule has 35 heavy (non-hydrogen) atoms. The van der Waals surface area contributed by atoms with E-state index in [9.17, 15) is 18.8 Å². The third-order valence-electron chi connectivity index (χ3n) is 6.00. The monoisotopic (exact) mass is 482 g/mol. The molecule has 1 saturated heterocycles. The zero-order valence-corrected chi connectivity index (χ0v) is 18.9. The Labute approximate surface area is 198 Å². The highest BCUT2D eigenvalue weighted by Crippen LogP contribution is 2.28. The summed E-state index contributed by atoms with van der Waals surface area (Å²) in [5, 5.41) is 6.61. The van der Waals surface area contributed by atoms with Crippen LogP contribution < -0.4 is 25.8 Å². The largest absolute Gasteiger partial charge is 0.465 e. The summed E-state index contributed by atoms with van der Waals surface area (Å²) < 4.78 is 26.6. The molecule has 2 aromatic heterocycles. The first kappa shape index (κ1) is 22.7. The molecular weight excluding hydrogens is 459 g/mol. The van der Waals surface area contributed by atoms with Gasteiger partial charge in [0.05, 0.1) is 18.3 Å². The number of cyclic esters (lactones) is 1. The molecule has 5 rings (SSSR count). The molecule has 0 bridgehead atoms. The molecule has 0 spiro atoms. The van der Waals surface area contributed by atoms with E-state index in [-0.39, 0.29) is 54.1 Å².